The minimum atomic E-state index is -0.924. The third-order valence-corrected chi connectivity index (χ3v) is 7.46. The number of amides is 1. The third-order valence-electron chi connectivity index (χ3n) is 7.46. The second-order valence-corrected chi connectivity index (χ2v) is 12.8. The number of aliphatic carboxylic acids is 1. The minimum Gasteiger partial charge on any atom is -0.481 e. The van der Waals surface area contributed by atoms with Crippen LogP contribution in [0.1, 0.15) is 71.0 Å². The maximum atomic E-state index is 13.8. The van der Waals surface area contributed by atoms with Crippen LogP contribution in [-0.2, 0) is 10.2 Å². The average Bonchev–Trinajstić information content (AvgIpc) is 3.26. The van der Waals surface area contributed by atoms with E-state index < -0.39 is 16.9 Å². The maximum Gasteiger partial charge on any atom is 0.309 e. The van der Waals surface area contributed by atoms with Crippen LogP contribution in [0.15, 0.2) is 53.1 Å². The smallest absolute Gasteiger partial charge is 0.309 e. The number of halogens is 1. The van der Waals surface area contributed by atoms with Gasteiger partial charge in [0.1, 0.15) is 11.3 Å². The Balaban J connectivity index is 1.63. The summed E-state index contributed by atoms with van der Waals surface area (Å²) in [6.45, 7) is 19.2. The van der Waals surface area contributed by atoms with Gasteiger partial charge in [0.25, 0.3) is 5.91 Å². The third kappa shape index (κ3) is 5.70. The van der Waals surface area contributed by atoms with E-state index in [1.54, 1.807) is 36.9 Å². The van der Waals surface area contributed by atoms with Crippen LogP contribution in [0.2, 0.25) is 0 Å². The number of carboxylic acids is 1. The van der Waals surface area contributed by atoms with Gasteiger partial charge >= 0.3 is 5.97 Å². The van der Waals surface area contributed by atoms with E-state index in [-0.39, 0.29) is 22.9 Å². The number of hydrogen-bond acceptors (Lipinski definition) is 5. The molecule has 2 aromatic heterocycles. The van der Waals surface area contributed by atoms with Crippen molar-refractivity contribution in [2.75, 3.05) is 19.6 Å². The molecule has 7 nitrogen and oxygen atoms in total. The quantitative estimate of drug-likeness (QED) is 0.389. The van der Waals surface area contributed by atoms with Crippen molar-refractivity contribution in [3.63, 3.8) is 0 Å². The molecule has 1 N–H and O–H groups in total. The zero-order chi connectivity index (χ0) is 28.9. The van der Waals surface area contributed by atoms with E-state index in [9.17, 15) is 19.1 Å². The summed E-state index contributed by atoms with van der Waals surface area (Å²) in [5.74, 6) is -1.19. The zero-order valence-corrected chi connectivity index (χ0v) is 23.9. The predicted octanol–water partition coefficient (Wildman–Crippen LogP) is 6.48. The summed E-state index contributed by atoms with van der Waals surface area (Å²) in [5.41, 5.74) is 2.50. The average molecular weight is 536 g/mol. The van der Waals surface area contributed by atoms with Gasteiger partial charge in [0.2, 0.25) is 0 Å². The molecule has 1 aliphatic rings. The lowest BCUT2D eigenvalue weighted by atomic mass is 9.86. The number of carboxylic acid groups (broad SMARTS) is 1. The fraction of sp³-hybridized carbons (Fsp3) is 0.452. The van der Waals surface area contributed by atoms with Gasteiger partial charge in [-0.3, -0.25) is 9.59 Å². The normalized spacial score (nSPS) is 16.0. The molecular formula is C31H38FN3O4. The molecule has 1 aliphatic heterocycles. The van der Waals surface area contributed by atoms with Crippen LogP contribution in [0.5, 0.6) is 0 Å². The highest BCUT2D eigenvalue weighted by molar-refractivity contribution is 5.97. The molecule has 0 bridgehead atoms. The molecule has 1 amide bonds. The number of aromatic nitrogens is 1. The minimum absolute atomic E-state index is 0.214. The van der Waals surface area contributed by atoms with Crippen molar-refractivity contribution in [3.05, 3.63) is 65.8 Å². The largest absolute Gasteiger partial charge is 0.481 e. The van der Waals surface area contributed by atoms with Gasteiger partial charge in [0.15, 0.2) is 11.3 Å². The van der Waals surface area contributed by atoms with Gasteiger partial charge in [0.05, 0.1) is 16.6 Å². The molecule has 1 fully saturated rings. The van der Waals surface area contributed by atoms with Crippen LogP contribution in [-0.4, -0.2) is 56.9 Å². The number of carbonyl (C=O) groups excluding carboxylic acids is 1. The van der Waals surface area contributed by atoms with Gasteiger partial charge in [0, 0.05) is 48.9 Å². The molecule has 0 unspecified atom stereocenters. The SMILES string of the molecule is C=C(CC(C)(C)C(=O)O)N1CCN(C(=O)c2cc3nc(-c4ccc(F)cc4)cc(C(C)(C)C)c3o2)C(C)(C)C1. The van der Waals surface area contributed by atoms with Crippen molar-refractivity contribution in [2.24, 2.45) is 5.41 Å². The van der Waals surface area contributed by atoms with Crippen LogP contribution in [0.3, 0.4) is 0 Å². The maximum absolute atomic E-state index is 13.8. The summed E-state index contributed by atoms with van der Waals surface area (Å²) >= 11 is 0. The van der Waals surface area contributed by atoms with Crippen LogP contribution in [0.25, 0.3) is 22.4 Å². The number of hydrogen-bond donors (Lipinski definition) is 1. The number of pyridine rings is 1. The van der Waals surface area contributed by atoms with E-state index in [1.807, 2.05) is 19.9 Å². The molecule has 0 saturated carbocycles. The molecule has 208 valence electrons. The van der Waals surface area contributed by atoms with Gasteiger partial charge in [-0.05, 0) is 63.4 Å². The molecule has 0 radical (unpaired) electrons. The molecule has 39 heavy (non-hydrogen) atoms. The molecule has 1 saturated heterocycles. The van der Waals surface area contributed by atoms with E-state index in [1.165, 1.54) is 12.1 Å². The summed E-state index contributed by atoms with van der Waals surface area (Å²) in [6, 6.07) is 9.82. The van der Waals surface area contributed by atoms with Crippen LogP contribution < -0.4 is 0 Å². The number of piperazine rings is 1. The van der Waals surface area contributed by atoms with E-state index in [0.717, 1.165) is 16.8 Å². The molecule has 0 aliphatic carbocycles. The summed E-state index contributed by atoms with van der Waals surface area (Å²) in [6.07, 6.45) is 0.327. The van der Waals surface area contributed by atoms with Gasteiger partial charge in [-0.2, -0.15) is 0 Å². The first-order valence-corrected chi connectivity index (χ1v) is 13.2. The number of rotatable bonds is 6. The molecule has 1 aromatic carbocycles. The highest BCUT2D eigenvalue weighted by atomic mass is 19.1. The predicted molar refractivity (Wildman–Crippen MR) is 150 cm³/mol. The molecule has 3 heterocycles. The second kappa shape index (κ2) is 9.81. The van der Waals surface area contributed by atoms with Crippen LogP contribution >= 0.6 is 0 Å². The fourth-order valence-corrected chi connectivity index (χ4v) is 5.08. The van der Waals surface area contributed by atoms with Crippen molar-refractivity contribution < 1.29 is 23.5 Å². The van der Waals surface area contributed by atoms with Crippen LogP contribution in [0.4, 0.5) is 4.39 Å². The highest BCUT2D eigenvalue weighted by Crippen LogP contribution is 2.36. The molecule has 8 heteroatoms. The lowest BCUT2D eigenvalue weighted by Gasteiger charge is -2.48. The van der Waals surface area contributed by atoms with Gasteiger partial charge < -0.3 is 19.3 Å². The number of furan rings is 1. The zero-order valence-electron chi connectivity index (χ0n) is 23.9. The lowest BCUT2D eigenvalue weighted by molar-refractivity contribution is -0.147. The first-order chi connectivity index (χ1) is 18.0. The van der Waals surface area contributed by atoms with Crippen LogP contribution in [0, 0.1) is 11.2 Å². The van der Waals surface area contributed by atoms with Gasteiger partial charge in [-0.1, -0.05) is 27.4 Å². The lowest BCUT2D eigenvalue weighted by Crippen LogP contribution is -2.60. The summed E-state index contributed by atoms with van der Waals surface area (Å²) in [4.78, 5) is 34.0. The summed E-state index contributed by atoms with van der Waals surface area (Å²) in [5, 5.41) is 9.51. The Morgan fingerprint density at radius 3 is 2.31 bits per heavy atom. The number of benzene rings is 1. The molecular weight excluding hydrogens is 497 g/mol. The van der Waals surface area contributed by atoms with Gasteiger partial charge in [-0.15, -0.1) is 0 Å². The van der Waals surface area contributed by atoms with Gasteiger partial charge in [-0.25, -0.2) is 9.37 Å². The highest BCUT2D eigenvalue weighted by Gasteiger charge is 2.40. The number of carbonyl (C=O) groups is 2. The molecule has 4 rings (SSSR count). The second-order valence-electron chi connectivity index (χ2n) is 12.8. The summed E-state index contributed by atoms with van der Waals surface area (Å²) in [7, 11) is 0. The Labute approximate surface area is 229 Å². The first-order valence-electron chi connectivity index (χ1n) is 13.2. The van der Waals surface area contributed by atoms with E-state index in [4.69, 9.17) is 9.40 Å². The summed E-state index contributed by atoms with van der Waals surface area (Å²) < 4.78 is 19.7. The number of nitrogens with zero attached hydrogens (tertiary/aromatic N) is 3. The van der Waals surface area contributed by atoms with Crippen molar-refractivity contribution in [1.82, 2.24) is 14.8 Å². The Bertz CT molecular complexity index is 1430. The standard InChI is InChI=1S/C31H38FN3O4/c1-19(17-30(5,6)28(37)38)34-13-14-35(31(7,8)18-34)27(36)25-16-24-26(39-25)22(29(2,3)4)15-23(33-24)20-9-11-21(32)12-10-20/h9-12,15-16H,1,13-14,17-18H2,2-8H3,(H,37,38). The topological polar surface area (TPSA) is 86.9 Å². The monoisotopic (exact) mass is 535 g/mol. The molecule has 3 aromatic rings. The Hall–Kier alpha value is -3.68. The molecule has 0 atom stereocenters. The Morgan fingerprint density at radius 2 is 1.74 bits per heavy atom. The number of fused-ring (bicyclic) bond motifs is 1. The Kier molecular flexibility index (Phi) is 7.13. The first kappa shape index (κ1) is 28.3. The van der Waals surface area contributed by atoms with E-state index in [2.05, 4.69) is 32.3 Å². The van der Waals surface area contributed by atoms with Crippen molar-refractivity contribution in [3.8, 4) is 11.3 Å². The van der Waals surface area contributed by atoms with E-state index >= 15 is 0 Å². The number of allylic oxidation sites excluding steroid dienone is 1. The molecule has 0 spiro atoms. The van der Waals surface area contributed by atoms with Crippen molar-refractivity contribution in [2.45, 2.75) is 65.8 Å². The van der Waals surface area contributed by atoms with Crippen molar-refractivity contribution >= 4 is 23.0 Å². The van der Waals surface area contributed by atoms with E-state index in [0.29, 0.717) is 42.8 Å². The van der Waals surface area contributed by atoms with Crippen molar-refractivity contribution in [1.29, 1.82) is 0 Å². The Morgan fingerprint density at radius 1 is 1.10 bits per heavy atom. The fourth-order valence-electron chi connectivity index (χ4n) is 5.08.